The SMILES string of the molecule is CCC1CNC(C)(C)CN1Cc1cccc2cccnc12. The third kappa shape index (κ3) is 3.09. The first-order valence-corrected chi connectivity index (χ1v) is 7.91. The van der Waals surface area contributed by atoms with Crippen molar-refractivity contribution in [1.29, 1.82) is 0 Å². The van der Waals surface area contributed by atoms with E-state index in [2.05, 4.69) is 60.2 Å². The van der Waals surface area contributed by atoms with Crippen molar-refractivity contribution < 1.29 is 0 Å². The Kier molecular flexibility index (Phi) is 3.96. The van der Waals surface area contributed by atoms with Crippen LogP contribution in [-0.4, -0.2) is 34.6 Å². The fraction of sp³-hybridized carbons (Fsp3) is 0.500. The van der Waals surface area contributed by atoms with E-state index in [1.807, 2.05) is 12.3 Å². The third-order valence-electron chi connectivity index (χ3n) is 4.49. The van der Waals surface area contributed by atoms with Crippen molar-refractivity contribution in [2.75, 3.05) is 13.1 Å². The number of para-hydroxylation sites is 1. The van der Waals surface area contributed by atoms with Crippen LogP contribution in [0.1, 0.15) is 32.8 Å². The molecule has 1 aliphatic rings. The molecular weight excluding hydrogens is 258 g/mol. The summed E-state index contributed by atoms with van der Waals surface area (Å²) in [5.74, 6) is 0. The molecule has 1 atom stereocenters. The number of benzene rings is 1. The van der Waals surface area contributed by atoms with Gasteiger partial charge in [0.1, 0.15) is 0 Å². The Labute approximate surface area is 127 Å². The second kappa shape index (κ2) is 5.74. The van der Waals surface area contributed by atoms with E-state index in [-0.39, 0.29) is 5.54 Å². The molecule has 2 aromatic rings. The van der Waals surface area contributed by atoms with Crippen LogP contribution in [0.15, 0.2) is 36.5 Å². The van der Waals surface area contributed by atoms with E-state index in [1.165, 1.54) is 17.4 Å². The first kappa shape index (κ1) is 14.5. The summed E-state index contributed by atoms with van der Waals surface area (Å²) in [6.07, 6.45) is 3.08. The minimum atomic E-state index is 0.184. The van der Waals surface area contributed by atoms with E-state index in [0.29, 0.717) is 6.04 Å². The lowest BCUT2D eigenvalue weighted by Crippen LogP contribution is -2.61. The molecule has 0 bridgehead atoms. The van der Waals surface area contributed by atoms with Crippen molar-refractivity contribution in [1.82, 2.24) is 15.2 Å². The molecule has 1 aromatic carbocycles. The largest absolute Gasteiger partial charge is 0.309 e. The number of nitrogens with zero attached hydrogens (tertiary/aromatic N) is 2. The van der Waals surface area contributed by atoms with Gasteiger partial charge in [-0.05, 0) is 31.9 Å². The lowest BCUT2D eigenvalue weighted by atomic mass is 9.96. The molecule has 1 unspecified atom stereocenters. The van der Waals surface area contributed by atoms with Crippen molar-refractivity contribution in [2.24, 2.45) is 0 Å². The van der Waals surface area contributed by atoms with E-state index in [0.717, 1.165) is 25.2 Å². The molecule has 0 spiro atoms. The van der Waals surface area contributed by atoms with Crippen LogP contribution < -0.4 is 5.32 Å². The predicted octanol–water partition coefficient (Wildman–Crippen LogP) is 3.20. The highest BCUT2D eigenvalue weighted by Gasteiger charge is 2.31. The van der Waals surface area contributed by atoms with Crippen molar-refractivity contribution in [3.05, 3.63) is 42.1 Å². The first-order valence-electron chi connectivity index (χ1n) is 7.91. The Balaban J connectivity index is 1.89. The summed E-state index contributed by atoms with van der Waals surface area (Å²) >= 11 is 0. The van der Waals surface area contributed by atoms with E-state index in [9.17, 15) is 0 Å². The highest BCUT2D eigenvalue weighted by atomic mass is 15.2. The van der Waals surface area contributed by atoms with E-state index in [4.69, 9.17) is 0 Å². The second-order valence-corrected chi connectivity index (χ2v) is 6.72. The number of fused-ring (bicyclic) bond motifs is 1. The quantitative estimate of drug-likeness (QED) is 0.937. The van der Waals surface area contributed by atoms with Crippen molar-refractivity contribution in [3.8, 4) is 0 Å². The number of hydrogen-bond donors (Lipinski definition) is 1. The average Bonchev–Trinajstić information content (AvgIpc) is 2.47. The smallest absolute Gasteiger partial charge is 0.0746 e. The summed E-state index contributed by atoms with van der Waals surface area (Å²) in [6.45, 7) is 9.98. The number of piperazine rings is 1. The van der Waals surface area contributed by atoms with Gasteiger partial charge in [0, 0.05) is 42.8 Å². The van der Waals surface area contributed by atoms with Crippen LogP contribution in [0, 0.1) is 0 Å². The molecular formula is C18H25N3. The van der Waals surface area contributed by atoms with Crippen LogP contribution in [0.4, 0.5) is 0 Å². The Morgan fingerprint density at radius 3 is 2.90 bits per heavy atom. The van der Waals surface area contributed by atoms with Crippen LogP contribution in [0.25, 0.3) is 10.9 Å². The lowest BCUT2D eigenvalue weighted by molar-refractivity contribution is 0.0862. The zero-order valence-electron chi connectivity index (χ0n) is 13.3. The third-order valence-corrected chi connectivity index (χ3v) is 4.49. The summed E-state index contributed by atoms with van der Waals surface area (Å²) in [5.41, 5.74) is 2.67. The zero-order valence-corrected chi connectivity index (χ0v) is 13.3. The molecule has 1 aliphatic heterocycles. The molecule has 0 radical (unpaired) electrons. The van der Waals surface area contributed by atoms with Gasteiger partial charge in [-0.3, -0.25) is 9.88 Å². The lowest BCUT2D eigenvalue weighted by Gasteiger charge is -2.44. The number of rotatable bonds is 3. The maximum absolute atomic E-state index is 4.59. The van der Waals surface area contributed by atoms with Gasteiger partial charge in [-0.15, -0.1) is 0 Å². The van der Waals surface area contributed by atoms with Gasteiger partial charge < -0.3 is 5.32 Å². The molecule has 3 heteroatoms. The van der Waals surface area contributed by atoms with Gasteiger partial charge in [0.2, 0.25) is 0 Å². The number of aromatic nitrogens is 1. The van der Waals surface area contributed by atoms with Gasteiger partial charge in [-0.25, -0.2) is 0 Å². The van der Waals surface area contributed by atoms with Gasteiger partial charge in [-0.1, -0.05) is 31.2 Å². The number of pyridine rings is 1. The molecule has 112 valence electrons. The topological polar surface area (TPSA) is 28.2 Å². The molecule has 1 aromatic heterocycles. The standard InChI is InChI=1S/C18H25N3/c1-4-16-11-20-18(2,3)13-21(16)12-15-8-5-7-14-9-6-10-19-17(14)15/h5-10,16,20H,4,11-13H2,1-3H3. The van der Waals surface area contributed by atoms with E-state index >= 15 is 0 Å². The van der Waals surface area contributed by atoms with Gasteiger partial charge in [0.25, 0.3) is 0 Å². The summed E-state index contributed by atoms with van der Waals surface area (Å²) in [5, 5.41) is 4.89. The van der Waals surface area contributed by atoms with Gasteiger partial charge in [0.15, 0.2) is 0 Å². The summed E-state index contributed by atoms with van der Waals surface area (Å²) in [7, 11) is 0. The Morgan fingerprint density at radius 2 is 2.10 bits per heavy atom. The maximum Gasteiger partial charge on any atom is 0.0746 e. The Morgan fingerprint density at radius 1 is 1.29 bits per heavy atom. The normalized spacial score (nSPS) is 22.5. The van der Waals surface area contributed by atoms with Crippen molar-refractivity contribution in [2.45, 2.75) is 45.3 Å². The fourth-order valence-electron chi connectivity index (χ4n) is 3.32. The molecule has 1 saturated heterocycles. The van der Waals surface area contributed by atoms with Crippen LogP contribution in [0.2, 0.25) is 0 Å². The molecule has 2 heterocycles. The maximum atomic E-state index is 4.59. The van der Waals surface area contributed by atoms with Crippen LogP contribution in [0.5, 0.6) is 0 Å². The second-order valence-electron chi connectivity index (χ2n) is 6.72. The minimum Gasteiger partial charge on any atom is -0.309 e. The zero-order chi connectivity index (χ0) is 14.9. The molecule has 0 aliphatic carbocycles. The molecule has 1 N–H and O–H groups in total. The molecule has 0 amide bonds. The van der Waals surface area contributed by atoms with Gasteiger partial charge >= 0.3 is 0 Å². The highest BCUT2D eigenvalue weighted by Crippen LogP contribution is 2.23. The van der Waals surface area contributed by atoms with E-state index < -0.39 is 0 Å². The Hall–Kier alpha value is -1.45. The van der Waals surface area contributed by atoms with Crippen molar-refractivity contribution in [3.63, 3.8) is 0 Å². The number of hydrogen-bond acceptors (Lipinski definition) is 3. The Bertz CT molecular complexity index is 615. The van der Waals surface area contributed by atoms with Crippen LogP contribution in [-0.2, 0) is 6.54 Å². The summed E-state index contributed by atoms with van der Waals surface area (Å²) in [6, 6.07) is 11.3. The first-order chi connectivity index (χ1) is 10.1. The van der Waals surface area contributed by atoms with Crippen LogP contribution in [0.3, 0.4) is 0 Å². The predicted molar refractivity (Wildman–Crippen MR) is 88.3 cm³/mol. The highest BCUT2D eigenvalue weighted by molar-refractivity contribution is 5.81. The van der Waals surface area contributed by atoms with E-state index in [1.54, 1.807) is 0 Å². The summed E-state index contributed by atoms with van der Waals surface area (Å²) < 4.78 is 0. The molecule has 3 rings (SSSR count). The minimum absolute atomic E-state index is 0.184. The molecule has 1 fully saturated rings. The molecule has 0 saturated carbocycles. The average molecular weight is 283 g/mol. The van der Waals surface area contributed by atoms with Gasteiger partial charge in [0.05, 0.1) is 5.52 Å². The number of nitrogens with one attached hydrogen (secondary N) is 1. The summed E-state index contributed by atoms with van der Waals surface area (Å²) in [4.78, 5) is 7.20. The monoisotopic (exact) mass is 283 g/mol. The fourth-order valence-corrected chi connectivity index (χ4v) is 3.32. The van der Waals surface area contributed by atoms with Crippen molar-refractivity contribution >= 4 is 10.9 Å². The molecule has 21 heavy (non-hydrogen) atoms. The van der Waals surface area contributed by atoms with Gasteiger partial charge in [-0.2, -0.15) is 0 Å². The molecule has 3 nitrogen and oxygen atoms in total. The van der Waals surface area contributed by atoms with Crippen LogP contribution >= 0.6 is 0 Å².